The minimum Gasteiger partial charge on any atom is -0.460 e. The highest BCUT2D eigenvalue weighted by molar-refractivity contribution is 5.76. The third kappa shape index (κ3) is 9.00. The van der Waals surface area contributed by atoms with E-state index in [4.69, 9.17) is 10.00 Å². The zero-order chi connectivity index (χ0) is 32.0. The maximum Gasteiger partial charge on any atom is 0.323 e. The number of carbonyl (C=O) groups is 1. The van der Waals surface area contributed by atoms with Gasteiger partial charge in [-0.05, 0) is 58.5 Å². The fraction of sp³-hybridized carbons (Fsp3) is 0.175. The van der Waals surface area contributed by atoms with Crippen molar-refractivity contribution in [1.29, 1.82) is 10.5 Å². The van der Waals surface area contributed by atoms with Crippen LogP contribution in [0.2, 0.25) is 0 Å². The van der Waals surface area contributed by atoms with Gasteiger partial charge in [0.25, 0.3) is 0 Å². The summed E-state index contributed by atoms with van der Waals surface area (Å²) in [6.45, 7) is 4.98. The lowest BCUT2D eigenvalue weighted by Gasteiger charge is -2.29. The van der Waals surface area contributed by atoms with E-state index >= 15 is 0 Å². The molecule has 0 fully saturated rings. The number of nitrogens with zero attached hydrogens (tertiary/aromatic N) is 3. The Morgan fingerprint density at radius 2 is 1.11 bits per heavy atom. The molecule has 5 nitrogen and oxygen atoms in total. The summed E-state index contributed by atoms with van der Waals surface area (Å²) in [5.41, 5.74) is 7.48. The molecule has 0 amide bonds. The van der Waals surface area contributed by atoms with Crippen LogP contribution in [0.1, 0.15) is 36.1 Å². The second-order valence-corrected chi connectivity index (χ2v) is 11.1. The summed E-state index contributed by atoms with van der Waals surface area (Å²) in [6.07, 6.45) is 0. The highest BCUT2D eigenvalue weighted by Crippen LogP contribution is 2.25. The first-order valence-corrected chi connectivity index (χ1v) is 14.9. The average Bonchev–Trinajstić information content (AvgIpc) is 3.08. The molecule has 0 aromatic heterocycles. The molecule has 0 bridgehead atoms. The third-order valence-corrected chi connectivity index (χ3v) is 7.45. The van der Waals surface area contributed by atoms with Gasteiger partial charge in [0.1, 0.15) is 12.6 Å². The summed E-state index contributed by atoms with van der Waals surface area (Å²) in [4.78, 5) is 14.8. The van der Waals surface area contributed by atoms with E-state index in [9.17, 15) is 10.1 Å². The summed E-state index contributed by atoms with van der Waals surface area (Å²) < 4.78 is 5.60. The Labute approximate surface area is 266 Å². The van der Waals surface area contributed by atoms with Crippen LogP contribution >= 0.6 is 0 Å². The molecule has 45 heavy (non-hydrogen) atoms. The summed E-state index contributed by atoms with van der Waals surface area (Å²) in [5.74, 6) is -0.0871. The number of ether oxygens (including phenoxy) is 1. The molecule has 5 rings (SSSR count). The summed E-state index contributed by atoms with van der Waals surface area (Å²) >= 11 is 0. The van der Waals surface area contributed by atoms with E-state index in [1.807, 2.05) is 159 Å². The number of hydrogen-bond acceptors (Lipinski definition) is 5. The molecule has 0 radical (unpaired) electrons. The Morgan fingerprint density at radius 3 is 1.62 bits per heavy atom. The first kappa shape index (κ1) is 32.4. The number of esters is 1. The minimum absolute atomic E-state index is 0.120. The van der Waals surface area contributed by atoms with Gasteiger partial charge in [-0.1, -0.05) is 135 Å². The number of rotatable bonds is 9. The number of carbonyl (C=O) groups excluding carboxylic acids is 1. The van der Waals surface area contributed by atoms with Gasteiger partial charge < -0.3 is 4.74 Å². The van der Waals surface area contributed by atoms with Crippen molar-refractivity contribution < 1.29 is 9.53 Å². The highest BCUT2D eigenvalue weighted by Gasteiger charge is 2.28. The van der Waals surface area contributed by atoms with Gasteiger partial charge in [0.2, 0.25) is 0 Å². The first-order valence-electron chi connectivity index (χ1n) is 14.9. The van der Waals surface area contributed by atoms with Gasteiger partial charge in [-0.25, -0.2) is 0 Å². The lowest BCUT2D eigenvalue weighted by Crippen LogP contribution is -2.43. The first-order chi connectivity index (χ1) is 21.9. The second-order valence-electron chi connectivity index (χ2n) is 11.1. The van der Waals surface area contributed by atoms with Crippen molar-refractivity contribution >= 4 is 5.97 Å². The fourth-order valence-corrected chi connectivity index (χ4v) is 5.23. The van der Waals surface area contributed by atoms with E-state index in [0.717, 1.165) is 38.9 Å². The van der Waals surface area contributed by atoms with Crippen molar-refractivity contribution in [3.8, 4) is 34.4 Å². The van der Waals surface area contributed by atoms with Crippen molar-refractivity contribution in [3.63, 3.8) is 0 Å². The molecule has 5 aromatic carbocycles. The van der Waals surface area contributed by atoms with Gasteiger partial charge in [-0.15, -0.1) is 0 Å². The molecule has 224 valence electrons. The predicted molar refractivity (Wildman–Crippen MR) is 180 cm³/mol. The molecule has 0 saturated carbocycles. The lowest BCUT2D eigenvalue weighted by atomic mass is 9.98. The van der Waals surface area contributed by atoms with Gasteiger partial charge in [-0.2, -0.15) is 10.5 Å². The monoisotopic (exact) mass is 591 g/mol. The van der Waals surface area contributed by atoms with Gasteiger partial charge in [0, 0.05) is 6.54 Å². The Kier molecular flexibility index (Phi) is 11.8. The lowest BCUT2D eigenvalue weighted by molar-refractivity contribution is -0.153. The number of likely N-dealkylation sites (N-methyl/N-ethyl adjacent to an activating group) is 1. The van der Waals surface area contributed by atoms with Crippen LogP contribution in [0.25, 0.3) is 22.3 Å². The van der Waals surface area contributed by atoms with Gasteiger partial charge in [0.15, 0.2) is 0 Å². The van der Waals surface area contributed by atoms with Gasteiger partial charge in [-0.3, -0.25) is 9.69 Å². The van der Waals surface area contributed by atoms with E-state index in [-0.39, 0.29) is 24.5 Å². The Bertz CT molecular complexity index is 1750. The quantitative estimate of drug-likeness (QED) is 0.160. The predicted octanol–water partition coefficient (Wildman–Crippen LogP) is 8.65. The number of hydrogen-bond donors (Lipinski definition) is 0. The maximum atomic E-state index is 12.8. The molecule has 0 aliphatic rings. The highest BCUT2D eigenvalue weighted by atomic mass is 16.5. The summed E-state index contributed by atoms with van der Waals surface area (Å²) in [6, 6.07) is 47.1. The van der Waals surface area contributed by atoms with E-state index in [0.29, 0.717) is 12.1 Å². The van der Waals surface area contributed by atoms with Crippen molar-refractivity contribution in [2.24, 2.45) is 5.92 Å². The molecule has 0 aliphatic carbocycles. The van der Waals surface area contributed by atoms with Crippen LogP contribution in [0.4, 0.5) is 0 Å². The molecule has 0 spiro atoms. The topological polar surface area (TPSA) is 77.1 Å². The van der Waals surface area contributed by atoms with E-state index in [1.165, 1.54) is 0 Å². The van der Waals surface area contributed by atoms with Crippen LogP contribution in [0, 0.1) is 28.6 Å². The summed E-state index contributed by atoms with van der Waals surface area (Å²) in [7, 11) is 1.95. The van der Waals surface area contributed by atoms with Crippen molar-refractivity contribution in [3.05, 3.63) is 156 Å². The average molecular weight is 592 g/mol. The van der Waals surface area contributed by atoms with Crippen LogP contribution < -0.4 is 0 Å². The zero-order valence-electron chi connectivity index (χ0n) is 25.9. The molecule has 0 heterocycles. The molecule has 5 aromatic rings. The largest absolute Gasteiger partial charge is 0.460 e. The molecule has 0 N–H and O–H groups in total. The molecule has 5 heteroatoms. The molecule has 0 saturated heterocycles. The van der Waals surface area contributed by atoms with Crippen LogP contribution in [0.3, 0.4) is 0 Å². The number of benzene rings is 5. The minimum atomic E-state index is -0.331. The Hall–Kier alpha value is -5.49. The van der Waals surface area contributed by atoms with Crippen molar-refractivity contribution in [2.75, 3.05) is 7.05 Å². The smallest absolute Gasteiger partial charge is 0.323 e. The Morgan fingerprint density at radius 1 is 0.644 bits per heavy atom. The van der Waals surface area contributed by atoms with Crippen LogP contribution in [-0.2, 0) is 22.7 Å². The fourth-order valence-electron chi connectivity index (χ4n) is 5.23. The zero-order valence-corrected chi connectivity index (χ0v) is 25.9. The molecule has 0 aliphatic heterocycles. The van der Waals surface area contributed by atoms with E-state index in [1.54, 1.807) is 0 Å². The molecular weight excluding hydrogens is 554 g/mol. The van der Waals surface area contributed by atoms with Crippen LogP contribution in [0.5, 0.6) is 0 Å². The Balaban J connectivity index is 0.000000273. The normalized spacial score (nSPS) is 11.1. The third-order valence-electron chi connectivity index (χ3n) is 7.45. The van der Waals surface area contributed by atoms with Crippen LogP contribution in [0.15, 0.2) is 133 Å². The van der Waals surface area contributed by atoms with Gasteiger partial charge >= 0.3 is 5.97 Å². The second kappa shape index (κ2) is 16.4. The maximum absolute atomic E-state index is 12.8. The molecular formula is C40H37N3O2. The van der Waals surface area contributed by atoms with Crippen molar-refractivity contribution in [2.45, 2.75) is 33.0 Å². The van der Waals surface area contributed by atoms with E-state index < -0.39 is 0 Å². The number of nitriles is 2. The van der Waals surface area contributed by atoms with E-state index in [2.05, 4.69) is 12.1 Å². The standard InChI is InChI=1S/C27H28N2O2.C13H9N/c1-20(2)26(27(30)31-19-22-9-5-4-6-10-22)29(3)18-21-13-15-23(16-14-21)25-12-8-7-11-24(25)17-28;14-10-12-8-4-5-9-13(12)11-6-2-1-3-7-11/h4-16,20,26H,18-19H2,1-3H3;1-9H. The van der Waals surface area contributed by atoms with Crippen LogP contribution in [-0.4, -0.2) is 24.0 Å². The SMILES string of the molecule is CC(C)C(C(=O)OCc1ccccc1)N(C)Cc1ccc(-c2ccccc2C#N)cc1.N#Cc1ccccc1-c1ccccc1. The molecule has 1 unspecified atom stereocenters. The summed E-state index contributed by atoms with van der Waals surface area (Å²) in [5, 5.41) is 18.3. The van der Waals surface area contributed by atoms with Crippen molar-refractivity contribution in [1.82, 2.24) is 4.90 Å². The molecule has 1 atom stereocenters. The van der Waals surface area contributed by atoms with Gasteiger partial charge in [0.05, 0.1) is 23.3 Å².